The number of rotatable bonds is 5. The first-order valence-electron chi connectivity index (χ1n) is 6.86. The normalized spacial score (nSPS) is 11.5. The summed E-state index contributed by atoms with van der Waals surface area (Å²) < 4.78 is 4.90. The number of aryl methyl sites for hydroxylation is 4. The zero-order chi connectivity index (χ0) is 14.1. The molecular weight excluding hydrogens is 288 g/mol. The smallest absolute Gasteiger partial charge is 0.179 e. The fraction of sp³-hybridized carbons (Fsp3) is 0.429. The minimum atomic E-state index is 0.792. The van der Waals surface area contributed by atoms with E-state index in [0.29, 0.717) is 0 Å². The summed E-state index contributed by atoms with van der Waals surface area (Å²) >= 11 is 7.21. The molecule has 4 nitrogen and oxygen atoms in total. The molecule has 0 aromatic carbocycles. The molecule has 1 N–H and O–H groups in total. The summed E-state index contributed by atoms with van der Waals surface area (Å²) in [5, 5.41) is 8.92. The first-order valence-corrected chi connectivity index (χ1v) is 8.21. The largest absolute Gasteiger partial charge is 0.328 e. The van der Waals surface area contributed by atoms with Crippen LogP contribution < -0.4 is 0 Å². The van der Waals surface area contributed by atoms with Crippen molar-refractivity contribution in [3.63, 3.8) is 0 Å². The number of hydrogen-bond donors (Lipinski definition) is 1. The van der Waals surface area contributed by atoms with E-state index in [9.17, 15) is 0 Å². The third kappa shape index (κ3) is 2.33. The molecule has 0 aliphatic carbocycles. The number of fused-ring (bicyclic) bond motifs is 1. The molecule has 3 heterocycles. The van der Waals surface area contributed by atoms with Crippen LogP contribution in [0.15, 0.2) is 16.8 Å². The van der Waals surface area contributed by atoms with Gasteiger partial charge < -0.3 is 9.55 Å². The van der Waals surface area contributed by atoms with Crippen LogP contribution in [0.25, 0.3) is 11.2 Å². The Morgan fingerprint density at radius 1 is 1.40 bits per heavy atom. The third-order valence-corrected chi connectivity index (χ3v) is 4.57. The maximum absolute atomic E-state index is 5.47. The van der Waals surface area contributed by atoms with Gasteiger partial charge in [-0.05, 0) is 47.4 Å². The van der Waals surface area contributed by atoms with Crippen LogP contribution in [-0.2, 0) is 26.4 Å². The van der Waals surface area contributed by atoms with Gasteiger partial charge in [-0.25, -0.2) is 0 Å². The Labute approximate surface area is 127 Å². The van der Waals surface area contributed by atoms with Crippen molar-refractivity contribution in [2.45, 2.75) is 32.7 Å². The zero-order valence-corrected chi connectivity index (χ0v) is 13.4. The van der Waals surface area contributed by atoms with Crippen molar-refractivity contribution in [1.82, 2.24) is 19.3 Å². The highest BCUT2D eigenvalue weighted by Gasteiger charge is 2.14. The summed E-state index contributed by atoms with van der Waals surface area (Å²) in [5.41, 5.74) is 4.69. The van der Waals surface area contributed by atoms with Gasteiger partial charge in [0, 0.05) is 13.6 Å². The van der Waals surface area contributed by atoms with Gasteiger partial charge >= 0.3 is 0 Å². The van der Waals surface area contributed by atoms with Gasteiger partial charge in [0.2, 0.25) is 0 Å². The van der Waals surface area contributed by atoms with Crippen LogP contribution in [0.4, 0.5) is 0 Å². The molecule has 0 spiro atoms. The van der Waals surface area contributed by atoms with Crippen LogP contribution in [0, 0.1) is 4.77 Å². The van der Waals surface area contributed by atoms with Crippen LogP contribution in [0.2, 0.25) is 0 Å². The summed E-state index contributed by atoms with van der Waals surface area (Å²) in [7, 11) is 1.99. The highest BCUT2D eigenvalue weighted by atomic mass is 32.1. The van der Waals surface area contributed by atoms with Crippen molar-refractivity contribution in [2.24, 2.45) is 7.05 Å². The van der Waals surface area contributed by atoms with Gasteiger partial charge in [-0.1, -0.05) is 13.3 Å². The highest BCUT2D eigenvalue weighted by Crippen LogP contribution is 2.19. The number of nitrogens with one attached hydrogen (secondary N) is 1. The Morgan fingerprint density at radius 3 is 2.95 bits per heavy atom. The van der Waals surface area contributed by atoms with Crippen LogP contribution >= 0.6 is 23.6 Å². The number of nitrogens with zero attached hydrogens (tertiary/aromatic N) is 3. The fourth-order valence-electron chi connectivity index (χ4n) is 2.57. The lowest BCUT2D eigenvalue weighted by atomic mass is 10.2. The summed E-state index contributed by atoms with van der Waals surface area (Å²) in [5.74, 6) is 0. The van der Waals surface area contributed by atoms with Gasteiger partial charge in [-0.2, -0.15) is 16.4 Å². The van der Waals surface area contributed by atoms with E-state index >= 15 is 0 Å². The van der Waals surface area contributed by atoms with E-state index < -0.39 is 0 Å². The highest BCUT2D eigenvalue weighted by molar-refractivity contribution is 7.71. The minimum Gasteiger partial charge on any atom is -0.328 e. The van der Waals surface area contributed by atoms with Crippen molar-refractivity contribution < 1.29 is 0 Å². The Morgan fingerprint density at radius 2 is 2.25 bits per heavy atom. The molecule has 0 fully saturated rings. The maximum Gasteiger partial charge on any atom is 0.179 e. The molecule has 0 bridgehead atoms. The molecule has 0 atom stereocenters. The SMILES string of the molecule is CCCc1nn(C)c2c1[nH]c(=S)n2CCc1ccsc1. The first-order chi connectivity index (χ1) is 9.70. The van der Waals surface area contributed by atoms with E-state index in [2.05, 4.69) is 38.4 Å². The molecule has 106 valence electrons. The van der Waals surface area contributed by atoms with Crippen molar-refractivity contribution in [3.8, 4) is 0 Å². The van der Waals surface area contributed by atoms with Crippen LogP contribution in [0.1, 0.15) is 24.6 Å². The number of imidazole rings is 1. The molecule has 0 aliphatic heterocycles. The number of aromatic amines is 1. The number of hydrogen-bond acceptors (Lipinski definition) is 3. The number of aromatic nitrogens is 4. The van der Waals surface area contributed by atoms with E-state index in [1.165, 1.54) is 5.56 Å². The summed E-state index contributed by atoms with van der Waals surface area (Å²) in [4.78, 5) is 3.33. The van der Waals surface area contributed by atoms with E-state index in [1.54, 1.807) is 11.3 Å². The lowest BCUT2D eigenvalue weighted by Crippen LogP contribution is -2.05. The van der Waals surface area contributed by atoms with Gasteiger partial charge in [0.15, 0.2) is 10.4 Å². The number of thiophene rings is 1. The second-order valence-electron chi connectivity index (χ2n) is 4.98. The zero-order valence-electron chi connectivity index (χ0n) is 11.7. The monoisotopic (exact) mass is 306 g/mol. The van der Waals surface area contributed by atoms with Crippen molar-refractivity contribution in [2.75, 3.05) is 0 Å². The van der Waals surface area contributed by atoms with Crippen molar-refractivity contribution >= 4 is 34.7 Å². The Bertz CT molecular complexity index is 761. The molecule has 0 aliphatic rings. The molecule has 0 saturated carbocycles. The molecule has 20 heavy (non-hydrogen) atoms. The lowest BCUT2D eigenvalue weighted by molar-refractivity contribution is 0.661. The van der Waals surface area contributed by atoms with Gasteiger partial charge in [-0.3, -0.25) is 4.68 Å². The third-order valence-electron chi connectivity index (χ3n) is 3.51. The number of H-pyrrole nitrogens is 1. The molecule has 0 radical (unpaired) electrons. The minimum absolute atomic E-state index is 0.792. The van der Waals surface area contributed by atoms with Crippen molar-refractivity contribution in [1.29, 1.82) is 0 Å². The lowest BCUT2D eigenvalue weighted by Gasteiger charge is -2.03. The maximum atomic E-state index is 5.47. The molecule has 3 aromatic rings. The van der Waals surface area contributed by atoms with E-state index in [0.717, 1.165) is 47.4 Å². The predicted octanol–water partition coefficient (Wildman–Crippen LogP) is 3.69. The van der Waals surface area contributed by atoms with Crippen molar-refractivity contribution in [3.05, 3.63) is 32.9 Å². The molecule has 0 amide bonds. The van der Waals surface area contributed by atoms with Gasteiger partial charge in [0.1, 0.15) is 5.52 Å². The Hall–Kier alpha value is -1.40. The summed E-state index contributed by atoms with van der Waals surface area (Å²) in [6.07, 6.45) is 3.07. The van der Waals surface area contributed by atoms with Gasteiger partial charge in [0.05, 0.1) is 5.69 Å². The molecule has 6 heteroatoms. The van der Waals surface area contributed by atoms with Crippen LogP contribution in [0.5, 0.6) is 0 Å². The topological polar surface area (TPSA) is 38.5 Å². The Balaban J connectivity index is 1.98. The van der Waals surface area contributed by atoms with Crippen LogP contribution in [0.3, 0.4) is 0 Å². The first kappa shape index (κ1) is 13.6. The average molecular weight is 306 g/mol. The molecule has 0 saturated heterocycles. The standard InChI is InChI=1S/C14H18N4S2/c1-3-4-11-12-13(17(2)16-11)18(14(19)15-12)7-5-10-6-8-20-9-10/h6,8-9H,3-5,7H2,1-2H3,(H,15,19). The second kappa shape index (κ2) is 5.54. The summed E-state index contributed by atoms with van der Waals surface area (Å²) in [6.45, 7) is 3.06. The van der Waals surface area contributed by atoms with Gasteiger partial charge in [-0.15, -0.1) is 0 Å². The molecule has 3 aromatic heterocycles. The molecule has 0 unspecified atom stereocenters. The predicted molar refractivity (Wildman–Crippen MR) is 85.9 cm³/mol. The van der Waals surface area contributed by atoms with E-state index in [4.69, 9.17) is 12.2 Å². The van der Waals surface area contributed by atoms with E-state index in [-0.39, 0.29) is 0 Å². The van der Waals surface area contributed by atoms with Gasteiger partial charge in [0.25, 0.3) is 0 Å². The summed E-state index contributed by atoms with van der Waals surface area (Å²) in [6, 6.07) is 2.17. The second-order valence-corrected chi connectivity index (χ2v) is 6.15. The fourth-order valence-corrected chi connectivity index (χ4v) is 3.56. The Kier molecular flexibility index (Phi) is 3.76. The quantitative estimate of drug-likeness (QED) is 0.730. The molecule has 3 rings (SSSR count). The van der Waals surface area contributed by atoms with Crippen LogP contribution in [-0.4, -0.2) is 19.3 Å². The average Bonchev–Trinajstić information content (AvgIpc) is 3.08. The van der Waals surface area contributed by atoms with E-state index in [1.807, 2.05) is 11.7 Å². The molecular formula is C14H18N4S2.